The van der Waals surface area contributed by atoms with Crippen LogP contribution in [0.1, 0.15) is 36.2 Å². The first-order valence-electron chi connectivity index (χ1n) is 11.7. The molecule has 1 aromatic heterocycles. The Morgan fingerprint density at radius 1 is 1.06 bits per heavy atom. The molecule has 0 unspecified atom stereocenters. The van der Waals surface area contributed by atoms with E-state index in [9.17, 15) is 9.59 Å². The molecular weight excluding hydrogens is 428 g/mol. The molecule has 7 nitrogen and oxygen atoms in total. The van der Waals surface area contributed by atoms with Gasteiger partial charge in [0.2, 0.25) is 5.91 Å². The van der Waals surface area contributed by atoms with Crippen LogP contribution in [-0.2, 0) is 11.3 Å². The fourth-order valence-corrected chi connectivity index (χ4v) is 4.40. The lowest BCUT2D eigenvalue weighted by atomic mass is 9.98. The van der Waals surface area contributed by atoms with Crippen LogP contribution in [-0.4, -0.2) is 53.0 Å². The Morgan fingerprint density at radius 2 is 1.79 bits per heavy atom. The van der Waals surface area contributed by atoms with Crippen LogP contribution in [0.2, 0.25) is 0 Å². The van der Waals surface area contributed by atoms with E-state index >= 15 is 0 Å². The second-order valence-electron chi connectivity index (χ2n) is 8.61. The van der Waals surface area contributed by atoms with Gasteiger partial charge < -0.3 is 24.4 Å². The van der Waals surface area contributed by atoms with E-state index in [0.29, 0.717) is 18.8 Å². The van der Waals surface area contributed by atoms with E-state index in [2.05, 4.69) is 53.3 Å². The molecule has 7 heteroatoms. The molecule has 3 amide bonds. The van der Waals surface area contributed by atoms with Gasteiger partial charge in [-0.3, -0.25) is 4.79 Å². The molecule has 178 valence electrons. The van der Waals surface area contributed by atoms with Gasteiger partial charge >= 0.3 is 6.03 Å². The Hall–Kier alpha value is -3.74. The van der Waals surface area contributed by atoms with Crippen molar-refractivity contribution in [1.29, 1.82) is 0 Å². The molecule has 0 aliphatic carbocycles. The molecule has 0 saturated heterocycles. The molecule has 3 aromatic rings. The highest BCUT2D eigenvalue weighted by Crippen LogP contribution is 2.32. The van der Waals surface area contributed by atoms with Gasteiger partial charge in [0.05, 0.1) is 13.2 Å². The van der Waals surface area contributed by atoms with Gasteiger partial charge in [0, 0.05) is 37.2 Å². The van der Waals surface area contributed by atoms with Crippen molar-refractivity contribution in [2.24, 2.45) is 0 Å². The van der Waals surface area contributed by atoms with Crippen LogP contribution in [0, 0.1) is 6.92 Å². The first-order valence-corrected chi connectivity index (χ1v) is 11.7. The van der Waals surface area contributed by atoms with Gasteiger partial charge in [-0.15, -0.1) is 0 Å². The highest BCUT2D eigenvalue weighted by Gasteiger charge is 2.33. The van der Waals surface area contributed by atoms with Crippen LogP contribution >= 0.6 is 0 Å². The van der Waals surface area contributed by atoms with Crippen LogP contribution in [0.15, 0.2) is 66.9 Å². The number of aryl methyl sites for hydroxylation is 1. The lowest BCUT2D eigenvalue weighted by Gasteiger charge is -2.38. The zero-order chi connectivity index (χ0) is 24.1. The molecule has 34 heavy (non-hydrogen) atoms. The third kappa shape index (κ3) is 5.09. The molecule has 0 spiro atoms. The Morgan fingerprint density at radius 3 is 2.47 bits per heavy atom. The molecule has 0 fully saturated rings. The fourth-order valence-electron chi connectivity index (χ4n) is 4.40. The van der Waals surface area contributed by atoms with Crippen molar-refractivity contribution >= 4 is 17.6 Å². The molecule has 1 N–H and O–H groups in total. The number of carbonyl (C=O) groups excluding carboxylic acids is 2. The number of hydrogen-bond acceptors (Lipinski definition) is 3. The van der Waals surface area contributed by atoms with Gasteiger partial charge in [-0.2, -0.15) is 0 Å². The van der Waals surface area contributed by atoms with E-state index in [1.54, 1.807) is 36.3 Å². The number of methoxy groups -OCH3 is 1. The quantitative estimate of drug-likeness (QED) is 0.557. The zero-order valence-corrected chi connectivity index (χ0v) is 20.0. The summed E-state index contributed by atoms with van der Waals surface area (Å²) in [6, 6.07) is 19.1. The molecule has 1 atom stereocenters. The summed E-state index contributed by atoms with van der Waals surface area (Å²) in [5.74, 6) is 0.659. The predicted octanol–water partition coefficient (Wildman–Crippen LogP) is 4.68. The lowest BCUT2D eigenvalue weighted by Crippen LogP contribution is -2.48. The molecule has 0 bridgehead atoms. The summed E-state index contributed by atoms with van der Waals surface area (Å²) < 4.78 is 7.38. The number of hydrogen-bond donors (Lipinski definition) is 1. The minimum absolute atomic E-state index is 0.0267. The number of rotatable bonds is 7. The van der Waals surface area contributed by atoms with E-state index in [1.807, 2.05) is 17.9 Å². The van der Waals surface area contributed by atoms with Gasteiger partial charge in [0.1, 0.15) is 12.3 Å². The maximum absolute atomic E-state index is 13.6. The number of aromatic nitrogens is 1. The summed E-state index contributed by atoms with van der Waals surface area (Å²) >= 11 is 0. The van der Waals surface area contributed by atoms with Crippen molar-refractivity contribution in [2.75, 3.05) is 32.1 Å². The number of carbonyl (C=O) groups is 2. The summed E-state index contributed by atoms with van der Waals surface area (Å²) in [7, 11) is 1.60. The van der Waals surface area contributed by atoms with E-state index in [-0.39, 0.29) is 24.5 Å². The summed E-state index contributed by atoms with van der Waals surface area (Å²) in [6.45, 7) is 5.91. The van der Waals surface area contributed by atoms with Gasteiger partial charge in [-0.05, 0) is 55.3 Å². The number of benzene rings is 2. The standard InChI is InChI=1S/C27H32N4O3/c1-4-15-30(27(33)28-22-11-13-23(34-3)14-12-22)19-25(32)31-18-17-29-16-5-6-24(29)26(31)21-9-7-20(2)8-10-21/h5-14,16,26H,4,15,17-19H2,1-3H3,(H,28,33)/t26-/m1/s1. The number of anilines is 1. The fraction of sp³-hybridized carbons (Fsp3) is 0.333. The molecule has 0 radical (unpaired) electrons. The van der Waals surface area contributed by atoms with Crippen LogP contribution < -0.4 is 10.1 Å². The maximum Gasteiger partial charge on any atom is 0.322 e. The largest absolute Gasteiger partial charge is 0.497 e. The van der Waals surface area contributed by atoms with E-state index in [0.717, 1.165) is 30.0 Å². The van der Waals surface area contributed by atoms with E-state index < -0.39 is 0 Å². The Balaban J connectivity index is 1.52. The monoisotopic (exact) mass is 460 g/mol. The third-order valence-corrected chi connectivity index (χ3v) is 6.20. The van der Waals surface area contributed by atoms with Crippen LogP contribution in [0.4, 0.5) is 10.5 Å². The maximum atomic E-state index is 13.6. The van der Waals surface area contributed by atoms with Crippen molar-refractivity contribution < 1.29 is 14.3 Å². The van der Waals surface area contributed by atoms with Crippen LogP contribution in [0.25, 0.3) is 0 Å². The summed E-state index contributed by atoms with van der Waals surface area (Å²) in [6.07, 6.45) is 2.82. The minimum atomic E-state index is -0.285. The number of fused-ring (bicyclic) bond motifs is 1. The third-order valence-electron chi connectivity index (χ3n) is 6.20. The zero-order valence-electron chi connectivity index (χ0n) is 20.0. The molecule has 0 saturated carbocycles. The van der Waals surface area contributed by atoms with E-state index in [4.69, 9.17) is 4.74 Å². The first-order chi connectivity index (χ1) is 16.5. The second kappa shape index (κ2) is 10.5. The average molecular weight is 461 g/mol. The average Bonchev–Trinajstić information content (AvgIpc) is 3.33. The van der Waals surface area contributed by atoms with Crippen molar-refractivity contribution in [3.05, 3.63) is 83.7 Å². The number of ether oxygens (including phenoxy) is 1. The van der Waals surface area contributed by atoms with Crippen molar-refractivity contribution in [1.82, 2.24) is 14.4 Å². The first kappa shape index (κ1) is 23.4. The Bertz CT molecular complexity index is 1120. The van der Waals surface area contributed by atoms with Crippen molar-refractivity contribution in [3.8, 4) is 5.75 Å². The molecule has 1 aliphatic rings. The van der Waals surface area contributed by atoms with Gasteiger partial charge in [0.15, 0.2) is 0 Å². The number of urea groups is 1. The summed E-state index contributed by atoms with van der Waals surface area (Å²) in [4.78, 5) is 30.1. The topological polar surface area (TPSA) is 66.8 Å². The number of amides is 3. The van der Waals surface area contributed by atoms with E-state index in [1.165, 1.54) is 5.56 Å². The van der Waals surface area contributed by atoms with Gasteiger partial charge in [-0.1, -0.05) is 36.8 Å². The highest BCUT2D eigenvalue weighted by atomic mass is 16.5. The lowest BCUT2D eigenvalue weighted by molar-refractivity contribution is -0.134. The molecule has 2 aromatic carbocycles. The van der Waals surface area contributed by atoms with Gasteiger partial charge in [-0.25, -0.2) is 4.79 Å². The summed E-state index contributed by atoms with van der Waals surface area (Å²) in [5.41, 5.74) is 4.00. The number of nitrogens with zero attached hydrogens (tertiary/aromatic N) is 3. The predicted molar refractivity (Wildman–Crippen MR) is 133 cm³/mol. The summed E-state index contributed by atoms with van der Waals surface area (Å²) in [5, 5.41) is 2.90. The normalized spacial score (nSPS) is 14.9. The van der Waals surface area contributed by atoms with Gasteiger partial charge in [0.25, 0.3) is 0 Å². The Kier molecular flexibility index (Phi) is 7.21. The highest BCUT2D eigenvalue weighted by molar-refractivity contribution is 5.92. The molecule has 1 aliphatic heterocycles. The minimum Gasteiger partial charge on any atom is -0.497 e. The SMILES string of the molecule is CCCN(CC(=O)N1CCn2cccc2[C@H]1c1ccc(C)cc1)C(=O)Nc1ccc(OC)cc1. The van der Waals surface area contributed by atoms with Crippen molar-refractivity contribution in [2.45, 2.75) is 32.9 Å². The molecule has 2 heterocycles. The molecule has 4 rings (SSSR count). The molecular formula is C27H32N4O3. The smallest absolute Gasteiger partial charge is 0.322 e. The van der Waals surface area contributed by atoms with Crippen molar-refractivity contribution in [3.63, 3.8) is 0 Å². The Labute approximate surface area is 200 Å². The van der Waals surface area contributed by atoms with Crippen LogP contribution in [0.5, 0.6) is 5.75 Å². The second-order valence-corrected chi connectivity index (χ2v) is 8.61. The number of nitrogens with one attached hydrogen (secondary N) is 1. The van der Waals surface area contributed by atoms with Crippen LogP contribution in [0.3, 0.4) is 0 Å².